The van der Waals surface area contributed by atoms with Crippen molar-refractivity contribution < 1.29 is 19.1 Å². The summed E-state index contributed by atoms with van der Waals surface area (Å²) in [7, 11) is 0. The van der Waals surface area contributed by atoms with E-state index in [2.05, 4.69) is 0 Å². The van der Waals surface area contributed by atoms with E-state index in [1.165, 1.54) is 64.2 Å². The number of halogens is 1. The van der Waals surface area contributed by atoms with Crippen LogP contribution in [0.2, 0.25) is 0 Å². The highest BCUT2D eigenvalue weighted by atomic mass is 35.5. The van der Waals surface area contributed by atoms with E-state index in [4.69, 9.17) is 21.1 Å². The minimum absolute atomic E-state index is 0.181. The lowest BCUT2D eigenvalue weighted by Crippen LogP contribution is -2.17. The van der Waals surface area contributed by atoms with E-state index in [-0.39, 0.29) is 11.9 Å². The number of alkyl halides is 1. The van der Waals surface area contributed by atoms with Gasteiger partial charge in [0.05, 0.1) is 13.2 Å². The quantitative estimate of drug-likeness (QED) is 0.175. The van der Waals surface area contributed by atoms with Crippen LogP contribution in [0.15, 0.2) is 0 Å². The van der Waals surface area contributed by atoms with E-state index >= 15 is 0 Å². The highest BCUT2D eigenvalue weighted by Gasteiger charge is 2.15. The molecule has 0 bridgehead atoms. The van der Waals surface area contributed by atoms with Crippen LogP contribution in [-0.4, -0.2) is 31.0 Å². The summed E-state index contributed by atoms with van der Waals surface area (Å²) in [6, 6.07) is 0. The van der Waals surface area contributed by atoms with Crippen molar-refractivity contribution in [1.82, 2.24) is 0 Å². The molecule has 0 amide bonds. The largest absolute Gasteiger partial charge is 0.466 e. The molecule has 0 atom stereocenters. The topological polar surface area (TPSA) is 52.6 Å². The lowest BCUT2D eigenvalue weighted by atomic mass is 9.90. The van der Waals surface area contributed by atoms with Gasteiger partial charge in [0.15, 0.2) is 0 Å². The van der Waals surface area contributed by atoms with Gasteiger partial charge in [-0.25, -0.2) is 0 Å². The Bertz CT molecular complexity index is 381. The van der Waals surface area contributed by atoms with Crippen LogP contribution in [0.5, 0.6) is 0 Å². The highest BCUT2D eigenvalue weighted by Crippen LogP contribution is 2.23. The molecule has 0 heterocycles. The van der Waals surface area contributed by atoms with E-state index in [1.54, 1.807) is 0 Å². The van der Waals surface area contributed by atoms with Crippen molar-refractivity contribution >= 4 is 23.5 Å². The first kappa shape index (κ1) is 24.3. The molecule has 1 fully saturated rings. The molecule has 0 spiro atoms. The Hall–Kier alpha value is -0.770. The minimum Gasteiger partial charge on any atom is -0.466 e. The molecule has 0 aromatic carbocycles. The second-order valence-corrected chi connectivity index (χ2v) is 8.16. The zero-order chi connectivity index (χ0) is 19.6. The molecule has 1 aliphatic rings. The number of unbranched alkanes of at least 4 members (excludes halogenated alkanes) is 7. The molecule has 0 aromatic heterocycles. The third-order valence-electron chi connectivity index (χ3n) is 5.26. The van der Waals surface area contributed by atoms with E-state index in [9.17, 15) is 9.59 Å². The molecule has 0 aromatic rings. The fourth-order valence-electron chi connectivity index (χ4n) is 3.53. The summed E-state index contributed by atoms with van der Waals surface area (Å²) in [5.74, 6) is 0.932. The van der Waals surface area contributed by atoms with Gasteiger partial charge in [-0.3, -0.25) is 9.59 Å². The van der Waals surface area contributed by atoms with Crippen molar-refractivity contribution in [2.24, 2.45) is 5.92 Å². The van der Waals surface area contributed by atoms with Crippen molar-refractivity contribution in [3.8, 4) is 0 Å². The van der Waals surface area contributed by atoms with Crippen molar-refractivity contribution in [3.05, 3.63) is 0 Å². The van der Waals surface area contributed by atoms with Crippen LogP contribution < -0.4 is 0 Å². The molecule has 4 nitrogen and oxygen atoms in total. The summed E-state index contributed by atoms with van der Waals surface area (Å²) in [6.45, 7) is 1.05. The van der Waals surface area contributed by atoms with E-state index < -0.39 is 0 Å². The van der Waals surface area contributed by atoms with Gasteiger partial charge >= 0.3 is 11.9 Å². The van der Waals surface area contributed by atoms with Crippen LogP contribution in [0.3, 0.4) is 0 Å². The summed E-state index contributed by atoms with van der Waals surface area (Å²) < 4.78 is 10.6. The zero-order valence-corrected chi connectivity index (χ0v) is 17.8. The first-order chi connectivity index (χ1) is 13.2. The fourth-order valence-corrected chi connectivity index (χ4v) is 3.72. The molecule has 0 aliphatic heterocycles. The summed E-state index contributed by atoms with van der Waals surface area (Å²) >= 11 is 5.65. The molecular weight excluding hydrogens is 364 g/mol. The average molecular weight is 403 g/mol. The summed E-state index contributed by atoms with van der Waals surface area (Å²) in [5, 5.41) is 0. The average Bonchev–Trinajstić information content (AvgIpc) is 2.68. The van der Waals surface area contributed by atoms with Gasteiger partial charge in [0, 0.05) is 18.7 Å². The maximum atomic E-state index is 11.7. The molecule has 1 aliphatic carbocycles. The Balaban J connectivity index is 1.84. The van der Waals surface area contributed by atoms with Crippen LogP contribution in [0, 0.1) is 5.92 Å². The number of carbonyl (C=O) groups is 2. The Morgan fingerprint density at radius 3 is 1.89 bits per heavy atom. The summed E-state index contributed by atoms with van der Waals surface area (Å²) in [6.07, 6.45) is 16.7. The maximum Gasteiger partial charge on any atom is 0.305 e. The monoisotopic (exact) mass is 402 g/mol. The SMILES string of the molecule is O=C(CCCC(=O)OCC1CCCCC1)OCCCCCCCCCCCl. The van der Waals surface area contributed by atoms with Crippen LogP contribution in [0.4, 0.5) is 0 Å². The first-order valence-corrected chi connectivity index (χ1v) is 11.6. The van der Waals surface area contributed by atoms with Crippen molar-refractivity contribution in [2.75, 3.05) is 19.1 Å². The summed E-state index contributed by atoms with van der Waals surface area (Å²) in [4.78, 5) is 23.4. The molecular formula is C22H39ClO4. The van der Waals surface area contributed by atoms with Crippen molar-refractivity contribution in [1.29, 1.82) is 0 Å². The second kappa shape index (κ2) is 17.3. The molecule has 158 valence electrons. The van der Waals surface area contributed by atoms with Gasteiger partial charge in [0.25, 0.3) is 0 Å². The molecule has 5 heteroatoms. The number of hydrogen-bond acceptors (Lipinski definition) is 4. The standard InChI is InChI=1S/C22H39ClO4/c23-17-10-5-3-1-2-4-6-11-18-26-21(24)15-12-16-22(25)27-19-20-13-8-7-9-14-20/h20H,1-19H2. The third kappa shape index (κ3) is 14.9. The fraction of sp³-hybridized carbons (Fsp3) is 0.909. The normalized spacial score (nSPS) is 14.9. The van der Waals surface area contributed by atoms with Gasteiger partial charge in [-0.15, -0.1) is 11.6 Å². The van der Waals surface area contributed by atoms with E-state index in [1.807, 2.05) is 0 Å². The van der Waals surface area contributed by atoms with Crippen LogP contribution >= 0.6 is 11.6 Å². The van der Waals surface area contributed by atoms with E-state index in [0.29, 0.717) is 38.4 Å². The predicted octanol–water partition coefficient (Wildman–Crippen LogP) is 6.18. The predicted molar refractivity (Wildman–Crippen MR) is 110 cm³/mol. The van der Waals surface area contributed by atoms with Crippen LogP contribution in [-0.2, 0) is 19.1 Å². The van der Waals surface area contributed by atoms with Crippen LogP contribution in [0.1, 0.15) is 103 Å². The number of esters is 2. The van der Waals surface area contributed by atoms with Crippen LogP contribution in [0.25, 0.3) is 0 Å². The third-order valence-corrected chi connectivity index (χ3v) is 5.52. The maximum absolute atomic E-state index is 11.7. The minimum atomic E-state index is -0.198. The van der Waals surface area contributed by atoms with Crippen molar-refractivity contribution in [2.45, 2.75) is 103 Å². The summed E-state index contributed by atoms with van der Waals surface area (Å²) in [5.41, 5.74) is 0. The zero-order valence-electron chi connectivity index (χ0n) is 17.0. The molecule has 27 heavy (non-hydrogen) atoms. The Morgan fingerprint density at radius 2 is 1.26 bits per heavy atom. The lowest BCUT2D eigenvalue weighted by Gasteiger charge is -2.20. The van der Waals surface area contributed by atoms with Gasteiger partial charge in [-0.2, -0.15) is 0 Å². The van der Waals surface area contributed by atoms with E-state index in [0.717, 1.165) is 25.1 Å². The number of ether oxygens (including phenoxy) is 2. The van der Waals surface area contributed by atoms with Crippen molar-refractivity contribution in [3.63, 3.8) is 0 Å². The Morgan fingerprint density at radius 1 is 0.704 bits per heavy atom. The van der Waals surface area contributed by atoms with Gasteiger partial charge in [0.2, 0.25) is 0 Å². The lowest BCUT2D eigenvalue weighted by molar-refractivity contribution is -0.146. The number of hydrogen-bond donors (Lipinski definition) is 0. The number of carbonyl (C=O) groups excluding carboxylic acids is 2. The second-order valence-electron chi connectivity index (χ2n) is 7.78. The Kier molecular flexibility index (Phi) is 15.6. The molecule has 1 saturated carbocycles. The molecule has 0 saturated heterocycles. The first-order valence-electron chi connectivity index (χ1n) is 11.1. The van der Waals surface area contributed by atoms with Gasteiger partial charge < -0.3 is 9.47 Å². The molecule has 0 unspecified atom stereocenters. The highest BCUT2D eigenvalue weighted by molar-refractivity contribution is 6.17. The van der Waals surface area contributed by atoms with Gasteiger partial charge in [-0.1, -0.05) is 57.8 Å². The molecule has 0 N–H and O–H groups in total. The van der Waals surface area contributed by atoms with Gasteiger partial charge in [0.1, 0.15) is 0 Å². The van der Waals surface area contributed by atoms with Gasteiger partial charge in [-0.05, 0) is 38.0 Å². The smallest absolute Gasteiger partial charge is 0.305 e. The Labute approximate surface area is 170 Å². The molecule has 0 radical (unpaired) electrons. The molecule has 1 rings (SSSR count). The number of rotatable bonds is 16.